The minimum absolute atomic E-state index is 0.0838. The zero-order valence-electron chi connectivity index (χ0n) is 12.8. The first-order chi connectivity index (χ1) is 8.95. The maximum atomic E-state index is 6.16. The van der Waals surface area contributed by atoms with E-state index >= 15 is 0 Å². The zero-order chi connectivity index (χ0) is 14.4. The van der Waals surface area contributed by atoms with E-state index in [1.54, 1.807) is 7.11 Å². The lowest BCUT2D eigenvalue weighted by molar-refractivity contribution is 0.198. The molecule has 0 heterocycles. The number of benzene rings is 1. The van der Waals surface area contributed by atoms with Crippen molar-refractivity contribution in [3.05, 3.63) is 29.8 Å². The van der Waals surface area contributed by atoms with Crippen LogP contribution in [-0.4, -0.2) is 57.2 Å². The molecular weight excluding hydrogens is 238 g/mol. The van der Waals surface area contributed by atoms with E-state index in [4.69, 9.17) is 10.5 Å². The van der Waals surface area contributed by atoms with Crippen molar-refractivity contribution in [1.82, 2.24) is 9.80 Å². The third-order valence-electron chi connectivity index (χ3n) is 3.33. The second-order valence-electron chi connectivity index (χ2n) is 5.36. The predicted octanol–water partition coefficient (Wildman–Crippen LogP) is 1.58. The average molecular weight is 265 g/mol. The van der Waals surface area contributed by atoms with Crippen molar-refractivity contribution in [1.29, 1.82) is 0 Å². The first kappa shape index (κ1) is 16.0. The summed E-state index contributed by atoms with van der Waals surface area (Å²) in [5.74, 6) is 0.878. The molecule has 2 N–H and O–H groups in total. The van der Waals surface area contributed by atoms with Crippen molar-refractivity contribution in [2.24, 2.45) is 5.73 Å². The van der Waals surface area contributed by atoms with Crippen LogP contribution in [0, 0.1) is 0 Å². The molecule has 1 aromatic rings. The Balaban J connectivity index is 2.80. The van der Waals surface area contributed by atoms with Crippen LogP contribution in [0.15, 0.2) is 24.3 Å². The highest BCUT2D eigenvalue weighted by molar-refractivity contribution is 5.29. The number of hydrogen-bond donors (Lipinski definition) is 1. The fourth-order valence-corrected chi connectivity index (χ4v) is 2.26. The summed E-state index contributed by atoms with van der Waals surface area (Å²) in [6, 6.07) is 8.49. The fraction of sp³-hybridized carbons (Fsp3) is 0.600. The Hall–Kier alpha value is -1.10. The van der Waals surface area contributed by atoms with Crippen LogP contribution in [0.2, 0.25) is 0 Å². The molecule has 0 saturated heterocycles. The number of likely N-dealkylation sites (N-methyl/N-ethyl adjacent to an activating group) is 2. The fourth-order valence-electron chi connectivity index (χ4n) is 2.26. The molecule has 0 aliphatic heterocycles. The van der Waals surface area contributed by atoms with Crippen LogP contribution >= 0.6 is 0 Å². The number of ether oxygens (including phenoxy) is 1. The standard InChI is InChI=1S/C15H27N3O/c1-12(16)15(18(4)11-10-17(2)3)13-6-8-14(19-5)9-7-13/h6-9,12,15H,10-11,16H2,1-5H3. The van der Waals surface area contributed by atoms with Crippen LogP contribution in [0.4, 0.5) is 0 Å². The van der Waals surface area contributed by atoms with Crippen molar-refractivity contribution in [2.45, 2.75) is 19.0 Å². The second-order valence-corrected chi connectivity index (χ2v) is 5.36. The van der Waals surface area contributed by atoms with E-state index in [1.165, 1.54) is 5.56 Å². The average Bonchev–Trinajstić information content (AvgIpc) is 2.37. The third kappa shape index (κ3) is 4.82. The highest BCUT2D eigenvalue weighted by Crippen LogP contribution is 2.24. The minimum Gasteiger partial charge on any atom is -0.497 e. The molecule has 1 aromatic carbocycles. The Bertz CT molecular complexity index is 362. The van der Waals surface area contributed by atoms with Gasteiger partial charge in [-0.15, -0.1) is 0 Å². The zero-order valence-corrected chi connectivity index (χ0v) is 12.8. The molecule has 2 unspecified atom stereocenters. The molecule has 108 valence electrons. The van der Waals surface area contributed by atoms with Crippen molar-refractivity contribution >= 4 is 0 Å². The Morgan fingerprint density at radius 1 is 1.11 bits per heavy atom. The first-order valence-corrected chi connectivity index (χ1v) is 6.70. The maximum Gasteiger partial charge on any atom is 0.118 e. The lowest BCUT2D eigenvalue weighted by atomic mass is 9.99. The van der Waals surface area contributed by atoms with Gasteiger partial charge >= 0.3 is 0 Å². The summed E-state index contributed by atoms with van der Waals surface area (Å²) < 4.78 is 5.20. The van der Waals surface area contributed by atoms with Gasteiger partial charge in [0.25, 0.3) is 0 Å². The quantitative estimate of drug-likeness (QED) is 0.813. The molecule has 0 radical (unpaired) electrons. The third-order valence-corrected chi connectivity index (χ3v) is 3.33. The summed E-state index contributed by atoms with van der Waals surface area (Å²) in [4.78, 5) is 4.50. The lowest BCUT2D eigenvalue weighted by Crippen LogP contribution is -2.40. The molecule has 0 spiro atoms. The van der Waals surface area contributed by atoms with Crippen LogP contribution in [0.1, 0.15) is 18.5 Å². The highest BCUT2D eigenvalue weighted by atomic mass is 16.5. The molecule has 0 bridgehead atoms. The number of hydrogen-bond acceptors (Lipinski definition) is 4. The maximum absolute atomic E-state index is 6.16. The van der Waals surface area contributed by atoms with Crippen molar-refractivity contribution in [2.75, 3.05) is 41.3 Å². The van der Waals surface area contributed by atoms with E-state index in [-0.39, 0.29) is 12.1 Å². The summed E-state index contributed by atoms with van der Waals surface area (Å²) in [6.07, 6.45) is 0. The first-order valence-electron chi connectivity index (χ1n) is 6.70. The Morgan fingerprint density at radius 2 is 1.68 bits per heavy atom. The largest absolute Gasteiger partial charge is 0.497 e. The molecule has 2 atom stereocenters. The molecule has 0 fully saturated rings. The van der Waals surface area contributed by atoms with Gasteiger partial charge in [-0.2, -0.15) is 0 Å². The van der Waals surface area contributed by atoms with Crippen LogP contribution in [0.25, 0.3) is 0 Å². The van der Waals surface area contributed by atoms with Gasteiger partial charge in [0.15, 0.2) is 0 Å². The van der Waals surface area contributed by atoms with E-state index in [2.05, 4.69) is 50.0 Å². The molecular formula is C15H27N3O. The van der Waals surface area contributed by atoms with Crippen LogP contribution in [0.5, 0.6) is 5.75 Å². The Morgan fingerprint density at radius 3 is 2.11 bits per heavy atom. The molecule has 4 nitrogen and oxygen atoms in total. The second kappa shape index (κ2) is 7.48. The van der Waals surface area contributed by atoms with Gasteiger partial charge in [0.2, 0.25) is 0 Å². The molecule has 0 aliphatic carbocycles. The van der Waals surface area contributed by atoms with Crippen molar-refractivity contribution in [3.63, 3.8) is 0 Å². The van der Waals surface area contributed by atoms with Gasteiger partial charge in [-0.1, -0.05) is 12.1 Å². The summed E-state index contributed by atoms with van der Waals surface area (Å²) in [6.45, 7) is 4.07. The predicted molar refractivity (Wildman–Crippen MR) is 80.6 cm³/mol. The van der Waals surface area contributed by atoms with Gasteiger partial charge in [-0.05, 0) is 45.8 Å². The summed E-state index contributed by atoms with van der Waals surface area (Å²) in [5.41, 5.74) is 7.39. The van der Waals surface area contributed by atoms with Gasteiger partial charge < -0.3 is 15.4 Å². The van der Waals surface area contributed by atoms with Crippen LogP contribution in [-0.2, 0) is 0 Å². The van der Waals surface area contributed by atoms with Crippen molar-refractivity contribution < 1.29 is 4.74 Å². The highest BCUT2D eigenvalue weighted by Gasteiger charge is 2.21. The van der Waals surface area contributed by atoms with E-state index < -0.39 is 0 Å². The number of methoxy groups -OCH3 is 1. The summed E-state index contributed by atoms with van der Waals surface area (Å²) >= 11 is 0. The number of rotatable bonds is 7. The normalized spacial score (nSPS) is 14.7. The van der Waals surface area contributed by atoms with E-state index in [0.717, 1.165) is 18.8 Å². The number of nitrogens with two attached hydrogens (primary N) is 1. The molecule has 1 rings (SSSR count). The SMILES string of the molecule is COc1ccc(C(C(C)N)N(C)CCN(C)C)cc1. The molecule has 0 aliphatic rings. The van der Waals surface area contributed by atoms with Gasteiger partial charge in [-0.3, -0.25) is 4.90 Å². The van der Waals surface area contributed by atoms with Crippen LogP contribution < -0.4 is 10.5 Å². The monoisotopic (exact) mass is 265 g/mol. The van der Waals surface area contributed by atoms with Gasteiger partial charge in [-0.25, -0.2) is 0 Å². The van der Waals surface area contributed by atoms with E-state index in [1.807, 2.05) is 12.1 Å². The van der Waals surface area contributed by atoms with E-state index in [0.29, 0.717) is 0 Å². The van der Waals surface area contributed by atoms with Gasteiger partial charge in [0.05, 0.1) is 7.11 Å². The molecule has 0 saturated carbocycles. The van der Waals surface area contributed by atoms with Gasteiger partial charge in [0.1, 0.15) is 5.75 Å². The molecule has 0 amide bonds. The molecule has 0 aromatic heterocycles. The molecule has 4 heteroatoms. The van der Waals surface area contributed by atoms with Gasteiger partial charge in [0, 0.05) is 25.2 Å². The van der Waals surface area contributed by atoms with Crippen molar-refractivity contribution in [3.8, 4) is 5.75 Å². The van der Waals surface area contributed by atoms with E-state index in [9.17, 15) is 0 Å². The molecule has 19 heavy (non-hydrogen) atoms. The number of nitrogens with zero attached hydrogens (tertiary/aromatic N) is 2. The summed E-state index contributed by atoms with van der Waals surface area (Å²) in [7, 11) is 7.98. The lowest BCUT2D eigenvalue weighted by Gasteiger charge is -2.32. The van der Waals surface area contributed by atoms with Crippen LogP contribution in [0.3, 0.4) is 0 Å². The minimum atomic E-state index is 0.0838. The topological polar surface area (TPSA) is 41.7 Å². The Labute approximate surface area is 117 Å². The Kier molecular flexibility index (Phi) is 6.28. The summed E-state index contributed by atoms with van der Waals surface area (Å²) in [5, 5.41) is 0. The smallest absolute Gasteiger partial charge is 0.118 e.